The summed E-state index contributed by atoms with van der Waals surface area (Å²) in [6.45, 7) is 2.56. The number of fused-ring (bicyclic) bond motifs is 1. The van der Waals surface area contributed by atoms with Gasteiger partial charge >= 0.3 is 0 Å². The van der Waals surface area contributed by atoms with Crippen molar-refractivity contribution in [3.05, 3.63) is 42.2 Å². The highest BCUT2D eigenvalue weighted by molar-refractivity contribution is 5.78. The largest absolute Gasteiger partial charge is 0.475 e. The average Bonchev–Trinajstić information content (AvgIpc) is 3.15. The van der Waals surface area contributed by atoms with Crippen LogP contribution in [-0.4, -0.2) is 63.9 Å². The topological polar surface area (TPSA) is 84.7 Å². The highest BCUT2D eigenvalue weighted by Gasteiger charge is 2.23. The average molecular weight is 398 g/mol. The monoisotopic (exact) mass is 398 g/mol. The van der Waals surface area contributed by atoms with E-state index in [2.05, 4.69) is 25.5 Å². The molecule has 1 aliphatic rings. The van der Waals surface area contributed by atoms with Crippen LogP contribution in [0.1, 0.15) is 12.8 Å². The third kappa shape index (κ3) is 4.51. The van der Waals surface area contributed by atoms with Crippen LogP contribution in [0.3, 0.4) is 0 Å². The molecule has 3 heterocycles. The standard InChI is InChI=1S/C20H23FN6O2/c1-26-11-2-3-15(13-26)20(28)22-10-12-29-18-9-8-17-23-24-19(27(17)25-18)14-4-6-16(21)7-5-14/h4-9,15H,2-3,10-13H2,1H3,(H,22,28). The molecule has 1 N–H and O–H groups in total. The molecule has 0 radical (unpaired) electrons. The van der Waals surface area contributed by atoms with Crippen LogP contribution in [0, 0.1) is 11.7 Å². The van der Waals surface area contributed by atoms with Crippen LogP contribution < -0.4 is 10.1 Å². The number of likely N-dealkylation sites (tertiary alicyclic amines) is 1. The second-order valence-electron chi connectivity index (χ2n) is 7.21. The number of benzene rings is 1. The van der Waals surface area contributed by atoms with Crippen molar-refractivity contribution >= 4 is 11.6 Å². The van der Waals surface area contributed by atoms with E-state index in [0.717, 1.165) is 25.9 Å². The summed E-state index contributed by atoms with van der Waals surface area (Å²) in [5, 5.41) is 15.5. The van der Waals surface area contributed by atoms with Crippen LogP contribution in [0.2, 0.25) is 0 Å². The molecule has 1 amide bonds. The third-order valence-corrected chi connectivity index (χ3v) is 4.99. The Hall–Kier alpha value is -3.07. The van der Waals surface area contributed by atoms with E-state index in [9.17, 15) is 9.18 Å². The first-order valence-corrected chi connectivity index (χ1v) is 9.67. The van der Waals surface area contributed by atoms with E-state index in [1.54, 1.807) is 28.8 Å². The van der Waals surface area contributed by atoms with Gasteiger partial charge in [-0.05, 0) is 56.8 Å². The molecule has 3 aromatic rings. The fraction of sp³-hybridized carbons (Fsp3) is 0.400. The van der Waals surface area contributed by atoms with Crippen LogP contribution in [0.5, 0.6) is 5.88 Å². The molecule has 1 aliphatic heterocycles. The first-order valence-electron chi connectivity index (χ1n) is 9.67. The van der Waals surface area contributed by atoms with Gasteiger partial charge in [0.1, 0.15) is 12.4 Å². The Morgan fingerprint density at radius 3 is 2.86 bits per heavy atom. The number of carbonyl (C=O) groups is 1. The van der Waals surface area contributed by atoms with Crippen molar-refractivity contribution in [2.45, 2.75) is 12.8 Å². The number of nitrogens with zero attached hydrogens (tertiary/aromatic N) is 5. The predicted molar refractivity (Wildman–Crippen MR) is 105 cm³/mol. The molecule has 29 heavy (non-hydrogen) atoms. The maximum absolute atomic E-state index is 13.2. The molecule has 0 spiro atoms. The lowest BCUT2D eigenvalue weighted by Crippen LogP contribution is -2.42. The second-order valence-corrected chi connectivity index (χ2v) is 7.21. The summed E-state index contributed by atoms with van der Waals surface area (Å²) < 4.78 is 20.4. The quantitative estimate of drug-likeness (QED) is 0.637. The number of hydrogen-bond donors (Lipinski definition) is 1. The number of ether oxygens (including phenoxy) is 1. The molecule has 8 nitrogen and oxygen atoms in total. The van der Waals surface area contributed by atoms with E-state index >= 15 is 0 Å². The summed E-state index contributed by atoms with van der Waals surface area (Å²) in [5.41, 5.74) is 1.26. The number of halogens is 1. The molecule has 0 aliphatic carbocycles. The lowest BCUT2D eigenvalue weighted by atomic mass is 9.98. The molecule has 0 saturated carbocycles. The van der Waals surface area contributed by atoms with Gasteiger partial charge < -0.3 is 15.0 Å². The maximum Gasteiger partial charge on any atom is 0.231 e. The molecular weight excluding hydrogens is 375 g/mol. The highest BCUT2D eigenvalue weighted by Crippen LogP contribution is 2.19. The third-order valence-electron chi connectivity index (χ3n) is 4.99. The fourth-order valence-electron chi connectivity index (χ4n) is 3.48. The van der Waals surface area contributed by atoms with E-state index in [4.69, 9.17) is 4.74 Å². The van der Waals surface area contributed by atoms with E-state index in [1.165, 1.54) is 12.1 Å². The number of carbonyl (C=O) groups excluding carboxylic acids is 1. The molecule has 1 unspecified atom stereocenters. The zero-order valence-electron chi connectivity index (χ0n) is 16.2. The Balaban J connectivity index is 1.35. The minimum atomic E-state index is -0.318. The van der Waals surface area contributed by atoms with Gasteiger partial charge in [0.05, 0.1) is 12.5 Å². The number of rotatable bonds is 6. The Morgan fingerprint density at radius 2 is 2.07 bits per heavy atom. The van der Waals surface area contributed by atoms with Gasteiger partial charge in [-0.25, -0.2) is 4.39 Å². The van der Waals surface area contributed by atoms with Crippen LogP contribution in [0.4, 0.5) is 4.39 Å². The SMILES string of the molecule is CN1CCCC(C(=O)NCCOc2ccc3nnc(-c4ccc(F)cc4)n3n2)C1. The summed E-state index contributed by atoms with van der Waals surface area (Å²) in [5.74, 6) is 0.688. The van der Waals surface area contributed by atoms with Gasteiger partial charge in [0.15, 0.2) is 11.5 Å². The Morgan fingerprint density at radius 1 is 1.24 bits per heavy atom. The van der Waals surface area contributed by atoms with E-state index < -0.39 is 0 Å². The zero-order valence-corrected chi connectivity index (χ0v) is 16.2. The zero-order chi connectivity index (χ0) is 20.2. The molecule has 1 saturated heterocycles. The molecule has 2 aromatic heterocycles. The van der Waals surface area contributed by atoms with Gasteiger partial charge in [0, 0.05) is 18.2 Å². The summed E-state index contributed by atoms with van der Waals surface area (Å²) in [4.78, 5) is 14.4. The van der Waals surface area contributed by atoms with Crippen LogP contribution >= 0.6 is 0 Å². The van der Waals surface area contributed by atoms with Gasteiger partial charge in [0.25, 0.3) is 0 Å². The minimum absolute atomic E-state index is 0.0403. The molecule has 1 aromatic carbocycles. The van der Waals surface area contributed by atoms with E-state index in [-0.39, 0.29) is 17.6 Å². The van der Waals surface area contributed by atoms with Crippen molar-refractivity contribution in [2.75, 3.05) is 33.3 Å². The van der Waals surface area contributed by atoms with Crippen molar-refractivity contribution in [1.82, 2.24) is 30.0 Å². The fourth-order valence-corrected chi connectivity index (χ4v) is 3.48. The number of hydrogen-bond acceptors (Lipinski definition) is 6. The minimum Gasteiger partial charge on any atom is -0.475 e. The second kappa shape index (κ2) is 8.52. The lowest BCUT2D eigenvalue weighted by molar-refractivity contribution is -0.126. The maximum atomic E-state index is 13.2. The Bertz CT molecular complexity index is 990. The van der Waals surface area contributed by atoms with Gasteiger partial charge in [-0.3, -0.25) is 4.79 Å². The van der Waals surface area contributed by atoms with E-state index in [1.807, 2.05) is 7.05 Å². The lowest BCUT2D eigenvalue weighted by Gasteiger charge is -2.28. The van der Waals surface area contributed by atoms with Gasteiger partial charge in [-0.1, -0.05) is 0 Å². The van der Waals surface area contributed by atoms with Gasteiger partial charge in [-0.2, -0.15) is 4.52 Å². The van der Waals surface area contributed by atoms with Crippen LogP contribution in [-0.2, 0) is 4.79 Å². The number of aromatic nitrogens is 4. The van der Waals surface area contributed by atoms with Crippen molar-refractivity contribution < 1.29 is 13.9 Å². The van der Waals surface area contributed by atoms with Crippen molar-refractivity contribution in [3.8, 4) is 17.3 Å². The van der Waals surface area contributed by atoms with Crippen LogP contribution in [0.25, 0.3) is 17.0 Å². The van der Waals surface area contributed by atoms with Gasteiger partial charge in [0.2, 0.25) is 11.8 Å². The first kappa shape index (κ1) is 19.3. The Labute approximate surface area is 167 Å². The summed E-state index contributed by atoms with van der Waals surface area (Å²) in [6.07, 6.45) is 1.97. The smallest absolute Gasteiger partial charge is 0.231 e. The van der Waals surface area contributed by atoms with Crippen molar-refractivity contribution in [1.29, 1.82) is 0 Å². The summed E-state index contributed by atoms with van der Waals surface area (Å²) >= 11 is 0. The highest BCUT2D eigenvalue weighted by atomic mass is 19.1. The predicted octanol–water partition coefficient (Wildman–Crippen LogP) is 1.77. The molecule has 1 atom stereocenters. The van der Waals surface area contributed by atoms with Crippen molar-refractivity contribution in [3.63, 3.8) is 0 Å². The number of piperidine rings is 1. The Kier molecular flexibility index (Phi) is 5.66. The normalized spacial score (nSPS) is 17.4. The molecule has 0 bridgehead atoms. The van der Waals surface area contributed by atoms with Crippen molar-refractivity contribution in [2.24, 2.45) is 5.92 Å². The molecule has 4 rings (SSSR count). The summed E-state index contributed by atoms with van der Waals surface area (Å²) in [6, 6.07) is 9.43. The molecular formula is C20H23FN6O2. The molecule has 1 fully saturated rings. The van der Waals surface area contributed by atoms with Gasteiger partial charge in [-0.15, -0.1) is 15.3 Å². The summed E-state index contributed by atoms with van der Waals surface area (Å²) in [7, 11) is 2.04. The molecule has 9 heteroatoms. The van der Waals surface area contributed by atoms with E-state index in [0.29, 0.717) is 36.1 Å². The van der Waals surface area contributed by atoms with Crippen LogP contribution in [0.15, 0.2) is 36.4 Å². The first-order chi connectivity index (χ1) is 14.1. The number of nitrogens with one attached hydrogen (secondary N) is 1. The molecule has 152 valence electrons. The number of amides is 1.